The predicted octanol–water partition coefficient (Wildman–Crippen LogP) is 2.07. The van der Waals surface area contributed by atoms with E-state index in [2.05, 4.69) is 0 Å². The first-order chi connectivity index (χ1) is 12.4. The van der Waals surface area contributed by atoms with Gasteiger partial charge < -0.3 is 9.64 Å². The van der Waals surface area contributed by atoms with Gasteiger partial charge in [0.2, 0.25) is 15.9 Å². The number of benzene rings is 2. The SMILES string of the molecule is CN1c2ccc([C@H]3CN(Cc4ccccc4)C(=O)CO3)cc2CS1(=O)=O. The number of ether oxygens (including phenoxy) is 1. The van der Waals surface area contributed by atoms with Crippen LogP contribution in [-0.2, 0) is 31.9 Å². The first-order valence-corrected chi connectivity index (χ1v) is 10.1. The maximum atomic E-state index is 12.2. The molecule has 26 heavy (non-hydrogen) atoms. The topological polar surface area (TPSA) is 66.9 Å². The molecule has 2 aromatic rings. The predicted molar refractivity (Wildman–Crippen MR) is 98.0 cm³/mol. The molecular weight excluding hydrogens is 352 g/mol. The van der Waals surface area contributed by atoms with Gasteiger partial charge in [0.25, 0.3) is 0 Å². The molecule has 0 spiro atoms. The molecule has 1 atom stereocenters. The maximum absolute atomic E-state index is 12.2. The van der Waals surface area contributed by atoms with Crippen molar-refractivity contribution < 1.29 is 17.9 Å². The van der Waals surface area contributed by atoms with Crippen LogP contribution in [-0.4, -0.2) is 39.4 Å². The highest BCUT2D eigenvalue weighted by Crippen LogP contribution is 2.35. The minimum atomic E-state index is -3.26. The first-order valence-electron chi connectivity index (χ1n) is 8.47. The molecule has 0 unspecified atom stereocenters. The molecule has 0 bridgehead atoms. The van der Waals surface area contributed by atoms with Crippen LogP contribution in [0.25, 0.3) is 0 Å². The van der Waals surface area contributed by atoms with Gasteiger partial charge in [0.1, 0.15) is 12.7 Å². The lowest BCUT2D eigenvalue weighted by atomic mass is 10.0. The van der Waals surface area contributed by atoms with Crippen molar-refractivity contribution in [2.24, 2.45) is 0 Å². The average Bonchev–Trinajstić information content (AvgIpc) is 2.86. The molecule has 1 amide bonds. The van der Waals surface area contributed by atoms with Crippen molar-refractivity contribution in [2.45, 2.75) is 18.4 Å². The Morgan fingerprint density at radius 1 is 1.15 bits per heavy atom. The molecule has 2 aliphatic rings. The number of sulfonamides is 1. The normalized spacial score (nSPS) is 21.7. The molecule has 0 aliphatic carbocycles. The molecule has 4 rings (SSSR count). The fourth-order valence-corrected chi connectivity index (χ4v) is 4.74. The van der Waals surface area contributed by atoms with Crippen molar-refractivity contribution in [1.82, 2.24) is 4.90 Å². The summed E-state index contributed by atoms with van der Waals surface area (Å²) in [6, 6.07) is 15.4. The van der Waals surface area contributed by atoms with Gasteiger partial charge in [0, 0.05) is 13.6 Å². The molecule has 0 saturated carbocycles. The highest BCUT2D eigenvalue weighted by molar-refractivity contribution is 7.92. The first kappa shape index (κ1) is 17.1. The van der Waals surface area contributed by atoms with Gasteiger partial charge in [-0.1, -0.05) is 36.4 Å². The van der Waals surface area contributed by atoms with Gasteiger partial charge in [0.05, 0.1) is 18.0 Å². The summed E-state index contributed by atoms with van der Waals surface area (Å²) in [5, 5.41) is 0. The van der Waals surface area contributed by atoms with Crippen LogP contribution in [0.1, 0.15) is 22.8 Å². The molecule has 2 aromatic carbocycles. The van der Waals surface area contributed by atoms with Crippen LogP contribution in [0.3, 0.4) is 0 Å². The Morgan fingerprint density at radius 3 is 2.69 bits per heavy atom. The zero-order valence-corrected chi connectivity index (χ0v) is 15.3. The van der Waals surface area contributed by atoms with Gasteiger partial charge in [-0.3, -0.25) is 9.10 Å². The Labute approximate surface area is 153 Å². The number of hydrogen-bond donors (Lipinski definition) is 0. The van der Waals surface area contributed by atoms with Crippen molar-refractivity contribution in [1.29, 1.82) is 0 Å². The second-order valence-electron chi connectivity index (χ2n) is 6.67. The van der Waals surface area contributed by atoms with Gasteiger partial charge in [0.15, 0.2) is 0 Å². The molecule has 0 radical (unpaired) electrons. The van der Waals surface area contributed by atoms with E-state index in [4.69, 9.17) is 4.74 Å². The Balaban J connectivity index is 1.55. The second-order valence-corrected chi connectivity index (χ2v) is 8.67. The molecule has 6 nitrogen and oxygen atoms in total. The van der Waals surface area contributed by atoms with Crippen LogP contribution in [0.4, 0.5) is 5.69 Å². The summed E-state index contributed by atoms with van der Waals surface area (Å²) in [5.41, 5.74) is 3.46. The maximum Gasteiger partial charge on any atom is 0.249 e. The highest BCUT2D eigenvalue weighted by Gasteiger charge is 2.32. The second kappa shape index (κ2) is 6.41. The van der Waals surface area contributed by atoms with Gasteiger partial charge in [-0.05, 0) is 28.8 Å². The number of carbonyl (C=O) groups is 1. The summed E-state index contributed by atoms with van der Waals surface area (Å²) >= 11 is 0. The van der Waals surface area contributed by atoms with E-state index in [0.717, 1.165) is 16.7 Å². The summed E-state index contributed by atoms with van der Waals surface area (Å²) < 4.78 is 31.1. The summed E-state index contributed by atoms with van der Waals surface area (Å²) in [7, 11) is -1.70. The van der Waals surface area contributed by atoms with Crippen LogP contribution in [0, 0.1) is 0 Å². The third-order valence-corrected chi connectivity index (χ3v) is 6.64. The lowest BCUT2D eigenvalue weighted by molar-refractivity contribution is -0.150. The number of hydrogen-bond acceptors (Lipinski definition) is 4. The Bertz CT molecular complexity index is 943. The van der Waals surface area contributed by atoms with E-state index in [1.165, 1.54) is 4.31 Å². The molecule has 1 fully saturated rings. The average molecular weight is 372 g/mol. The largest absolute Gasteiger partial charge is 0.362 e. The van der Waals surface area contributed by atoms with E-state index in [1.807, 2.05) is 48.5 Å². The van der Waals surface area contributed by atoms with Crippen molar-refractivity contribution in [3.8, 4) is 0 Å². The van der Waals surface area contributed by atoms with E-state index in [1.54, 1.807) is 11.9 Å². The van der Waals surface area contributed by atoms with Crippen molar-refractivity contribution in [2.75, 3.05) is 24.5 Å². The smallest absolute Gasteiger partial charge is 0.249 e. The zero-order chi connectivity index (χ0) is 18.3. The van der Waals surface area contributed by atoms with Crippen LogP contribution >= 0.6 is 0 Å². The number of amides is 1. The number of fused-ring (bicyclic) bond motifs is 1. The van der Waals surface area contributed by atoms with Crippen molar-refractivity contribution in [3.63, 3.8) is 0 Å². The van der Waals surface area contributed by atoms with E-state index < -0.39 is 10.0 Å². The van der Waals surface area contributed by atoms with Gasteiger partial charge in [-0.15, -0.1) is 0 Å². The lowest BCUT2D eigenvalue weighted by Crippen LogP contribution is -2.42. The fraction of sp³-hybridized carbons (Fsp3) is 0.316. The quantitative estimate of drug-likeness (QED) is 0.827. The number of nitrogens with zero attached hydrogens (tertiary/aromatic N) is 2. The summed E-state index contributed by atoms with van der Waals surface area (Å²) in [6.45, 7) is 1.03. The Hall–Kier alpha value is -2.38. The summed E-state index contributed by atoms with van der Waals surface area (Å²) in [5.74, 6) is -0.0277. The van der Waals surface area contributed by atoms with Crippen LogP contribution in [0.15, 0.2) is 48.5 Å². The Kier molecular flexibility index (Phi) is 4.20. The minimum Gasteiger partial charge on any atom is -0.362 e. The lowest BCUT2D eigenvalue weighted by Gasteiger charge is -2.33. The van der Waals surface area contributed by atoms with Gasteiger partial charge in [-0.25, -0.2) is 8.42 Å². The molecule has 2 heterocycles. The molecule has 0 aromatic heterocycles. The number of rotatable bonds is 3. The van der Waals surface area contributed by atoms with Crippen LogP contribution in [0.2, 0.25) is 0 Å². The fourth-order valence-electron chi connectivity index (χ4n) is 3.45. The van der Waals surface area contributed by atoms with Crippen LogP contribution < -0.4 is 4.31 Å². The standard InChI is InChI=1S/C19H20N2O4S/c1-20-17-8-7-15(9-16(17)13-26(20,23)24)18-11-21(19(22)12-25-18)10-14-5-3-2-4-6-14/h2-9,18H,10-13H2,1H3/t18-/m1/s1. The van der Waals surface area contributed by atoms with Gasteiger partial charge in [-0.2, -0.15) is 0 Å². The molecule has 7 heteroatoms. The van der Waals surface area contributed by atoms with Crippen molar-refractivity contribution >= 4 is 21.6 Å². The zero-order valence-electron chi connectivity index (χ0n) is 14.5. The molecule has 136 valence electrons. The molecule has 2 aliphatic heterocycles. The number of carbonyl (C=O) groups excluding carboxylic acids is 1. The summed E-state index contributed by atoms with van der Waals surface area (Å²) in [6.07, 6.45) is -0.254. The molecule has 0 N–H and O–H groups in total. The van der Waals surface area contributed by atoms with Crippen molar-refractivity contribution in [3.05, 3.63) is 65.2 Å². The van der Waals surface area contributed by atoms with E-state index in [9.17, 15) is 13.2 Å². The molecular formula is C19H20N2O4S. The monoisotopic (exact) mass is 372 g/mol. The van der Waals surface area contributed by atoms with Gasteiger partial charge >= 0.3 is 0 Å². The number of anilines is 1. The summed E-state index contributed by atoms with van der Waals surface area (Å²) in [4.78, 5) is 14.0. The van der Waals surface area contributed by atoms with Crippen LogP contribution in [0.5, 0.6) is 0 Å². The van der Waals surface area contributed by atoms with E-state index >= 15 is 0 Å². The Morgan fingerprint density at radius 2 is 1.92 bits per heavy atom. The van der Waals surface area contributed by atoms with E-state index in [0.29, 0.717) is 18.8 Å². The third-order valence-electron chi connectivity index (χ3n) is 4.93. The third kappa shape index (κ3) is 3.08. The van der Waals surface area contributed by atoms with E-state index in [-0.39, 0.29) is 24.4 Å². The minimum absolute atomic E-state index is 0.00601. The molecule has 1 saturated heterocycles. The number of morpholine rings is 1. The highest BCUT2D eigenvalue weighted by atomic mass is 32.2.